The molecule has 70 valence electrons. The van der Waals surface area contributed by atoms with Crippen LogP contribution >= 0.6 is 0 Å². The van der Waals surface area contributed by atoms with E-state index in [1.807, 2.05) is 24.3 Å². The first-order chi connectivity index (χ1) is 6.36. The SMILES string of the molecule is CCC(=CCO)Cc1ccccc1. The summed E-state index contributed by atoms with van der Waals surface area (Å²) in [4.78, 5) is 0. The Kier molecular flexibility index (Phi) is 4.27. The Morgan fingerprint density at radius 3 is 2.54 bits per heavy atom. The smallest absolute Gasteiger partial charge is 0.0615 e. The van der Waals surface area contributed by atoms with Crippen LogP contribution in [0.4, 0.5) is 0 Å². The molecule has 0 aliphatic carbocycles. The first-order valence-electron chi connectivity index (χ1n) is 4.69. The second-order valence-electron chi connectivity index (χ2n) is 3.06. The Morgan fingerprint density at radius 1 is 1.31 bits per heavy atom. The van der Waals surface area contributed by atoms with Gasteiger partial charge < -0.3 is 5.11 Å². The van der Waals surface area contributed by atoms with E-state index in [9.17, 15) is 0 Å². The molecule has 1 N–H and O–H groups in total. The summed E-state index contributed by atoms with van der Waals surface area (Å²) in [5.41, 5.74) is 2.61. The minimum Gasteiger partial charge on any atom is -0.392 e. The van der Waals surface area contributed by atoms with Crippen molar-refractivity contribution in [3.8, 4) is 0 Å². The fourth-order valence-electron chi connectivity index (χ4n) is 1.33. The molecule has 0 heterocycles. The number of aliphatic hydroxyl groups is 1. The highest BCUT2D eigenvalue weighted by atomic mass is 16.2. The molecule has 0 saturated heterocycles. The maximum absolute atomic E-state index is 8.77. The highest BCUT2D eigenvalue weighted by Gasteiger charge is 1.95. The molecule has 1 nitrogen and oxygen atoms in total. The van der Waals surface area contributed by atoms with Crippen LogP contribution in [0.1, 0.15) is 18.9 Å². The summed E-state index contributed by atoms with van der Waals surface area (Å²) in [7, 11) is 0. The van der Waals surface area contributed by atoms with Gasteiger partial charge in [0.25, 0.3) is 0 Å². The van der Waals surface area contributed by atoms with E-state index < -0.39 is 0 Å². The highest BCUT2D eigenvalue weighted by Crippen LogP contribution is 2.10. The van der Waals surface area contributed by atoms with Gasteiger partial charge in [0.05, 0.1) is 6.61 Å². The van der Waals surface area contributed by atoms with Gasteiger partial charge in [-0.3, -0.25) is 0 Å². The number of rotatable bonds is 4. The standard InChI is InChI=1S/C12H16O/c1-2-11(8-9-13)10-12-6-4-3-5-7-12/h3-8,13H,2,9-10H2,1H3. The van der Waals surface area contributed by atoms with Crippen LogP contribution in [0, 0.1) is 0 Å². The van der Waals surface area contributed by atoms with Gasteiger partial charge >= 0.3 is 0 Å². The highest BCUT2D eigenvalue weighted by molar-refractivity contribution is 5.21. The molecular formula is C12H16O. The van der Waals surface area contributed by atoms with Crippen molar-refractivity contribution in [2.45, 2.75) is 19.8 Å². The molecule has 1 rings (SSSR count). The lowest BCUT2D eigenvalue weighted by molar-refractivity contribution is 0.341. The van der Waals surface area contributed by atoms with Crippen LogP contribution in [0.2, 0.25) is 0 Å². The molecule has 0 fully saturated rings. The molecule has 0 aliphatic heterocycles. The summed E-state index contributed by atoms with van der Waals surface area (Å²) in [6.07, 6.45) is 3.86. The van der Waals surface area contributed by atoms with E-state index in [0.29, 0.717) is 0 Å². The number of aliphatic hydroxyl groups excluding tert-OH is 1. The average Bonchev–Trinajstić information content (AvgIpc) is 2.19. The molecule has 0 bridgehead atoms. The molecule has 1 aromatic carbocycles. The number of benzene rings is 1. The van der Waals surface area contributed by atoms with Crippen molar-refractivity contribution in [3.63, 3.8) is 0 Å². The van der Waals surface area contributed by atoms with Gasteiger partial charge in [0.2, 0.25) is 0 Å². The van der Waals surface area contributed by atoms with Crippen molar-refractivity contribution in [2.75, 3.05) is 6.61 Å². The van der Waals surface area contributed by atoms with Crippen LogP contribution in [-0.2, 0) is 6.42 Å². The Morgan fingerprint density at radius 2 is 2.00 bits per heavy atom. The van der Waals surface area contributed by atoms with Crippen LogP contribution < -0.4 is 0 Å². The third-order valence-corrected chi connectivity index (χ3v) is 2.11. The van der Waals surface area contributed by atoms with Crippen molar-refractivity contribution in [1.82, 2.24) is 0 Å². The molecular weight excluding hydrogens is 160 g/mol. The maximum Gasteiger partial charge on any atom is 0.0615 e. The second kappa shape index (κ2) is 5.55. The third-order valence-electron chi connectivity index (χ3n) is 2.11. The molecule has 1 aromatic rings. The summed E-state index contributed by atoms with van der Waals surface area (Å²) in [6, 6.07) is 10.3. The van der Waals surface area contributed by atoms with Gasteiger partial charge in [0, 0.05) is 0 Å². The van der Waals surface area contributed by atoms with Crippen LogP contribution in [0.3, 0.4) is 0 Å². The Hall–Kier alpha value is -1.08. The lowest BCUT2D eigenvalue weighted by Gasteiger charge is -2.03. The minimum absolute atomic E-state index is 0.149. The lowest BCUT2D eigenvalue weighted by Crippen LogP contribution is -1.90. The molecule has 1 heteroatoms. The van der Waals surface area contributed by atoms with Gasteiger partial charge in [-0.2, -0.15) is 0 Å². The molecule has 0 aromatic heterocycles. The fraction of sp³-hybridized carbons (Fsp3) is 0.333. The van der Waals surface area contributed by atoms with E-state index in [1.165, 1.54) is 11.1 Å². The number of hydrogen-bond acceptors (Lipinski definition) is 1. The van der Waals surface area contributed by atoms with Gasteiger partial charge in [-0.25, -0.2) is 0 Å². The third kappa shape index (κ3) is 3.43. The lowest BCUT2D eigenvalue weighted by atomic mass is 10.0. The van der Waals surface area contributed by atoms with E-state index in [-0.39, 0.29) is 6.61 Å². The van der Waals surface area contributed by atoms with E-state index >= 15 is 0 Å². The summed E-state index contributed by atoms with van der Waals surface area (Å²) in [5.74, 6) is 0. The van der Waals surface area contributed by atoms with Gasteiger partial charge in [-0.05, 0) is 18.4 Å². The van der Waals surface area contributed by atoms with E-state index in [2.05, 4.69) is 19.1 Å². The zero-order chi connectivity index (χ0) is 9.52. The van der Waals surface area contributed by atoms with Crippen molar-refractivity contribution in [3.05, 3.63) is 47.5 Å². The first-order valence-corrected chi connectivity index (χ1v) is 4.69. The van der Waals surface area contributed by atoms with Crippen molar-refractivity contribution >= 4 is 0 Å². The van der Waals surface area contributed by atoms with Crippen molar-refractivity contribution in [1.29, 1.82) is 0 Å². The quantitative estimate of drug-likeness (QED) is 0.699. The predicted molar refractivity (Wildman–Crippen MR) is 55.6 cm³/mol. The average molecular weight is 176 g/mol. The summed E-state index contributed by atoms with van der Waals surface area (Å²) < 4.78 is 0. The first kappa shape index (κ1) is 10.0. The summed E-state index contributed by atoms with van der Waals surface area (Å²) >= 11 is 0. The molecule has 0 atom stereocenters. The maximum atomic E-state index is 8.77. The normalized spacial score (nSPS) is 11.7. The minimum atomic E-state index is 0.149. The molecule has 13 heavy (non-hydrogen) atoms. The van der Waals surface area contributed by atoms with E-state index in [0.717, 1.165) is 12.8 Å². The molecule has 0 spiro atoms. The van der Waals surface area contributed by atoms with Crippen LogP contribution in [-0.4, -0.2) is 11.7 Å². The largest absolute Gasteiger partial charge is 0.392 e. The van der Waals surface area contributed by atoms with Gasteiger partial charge in [0.15, 0.2) is 0 Å². The second-order valence-corrected chi connectivity index (χ2v) is 3.06. The molecule has 0 saturated carbocycles. The van der Waals surface area contributed by atoms with Crippen LogP contribution in [0.25, 0.3) is 0 Å². The van der Waals surface area contributed by atoms with E-state index in [4.69, 9.17) is 5.11 Å². The zero-order valence-corrected chi connectivity index (χ0v) is 8.03. The topological polar surface area (TPSA) is 20.2 Å². The van der Waals surface area contributed by atoms with Crippen LogP contribution in [0.5, 0.6) is 0 Å². The van der Waals surface area contributed by atoms with Gasteiger partial charge in [-0.15, -0.1) is 0 Å². The Bertz CT molecular complexity index is 262. The number of hydrogen-bond donors (Lipinski definition) is 1. The number of allylic oxidation sites excluding steroid dienone is 1. The molecule has 0 radical (unpaired) electrons. The fourth-order valence-corrected chi connectivity index (χ4v) is 1.33. The predicted octanol–water partition coefficient (Wildman–Crippen LogP) is 2.56. The van der Waals surface area contributed by atoms with E-state index in [1.54, 1.807) is 0 Å². The molecule has 0 unspecified atom stereocenters. The van der Waals surface area contributed by atoms with Gasteiger partial charge in [-0.1, -0.05) is 48.9 Å². The summed E-state index contributed by atoms with van der Waals surface area (Å²) in [6.45, 7) is 2.26. The zero-order valence-electron chi connectivity index (χ0n) is 8.03. The van der Waals surface area contributed by atoms with Gasteiger partial charge in [0.1, 0.15) is 0 Å². The van der Waals surface area contributed by atoms with Crippen LogP contribution in [0.15, 0.2) is 42.0 Å². The Balaban J connectivity index is 2.62. The summed E-state index contributed by atoms with van der Waals surface area (Å²) in [5, 5.41) is 8.77. The molecule has 0 amide bonds. The Labute approximate surface area is 79.7 Å². The molecule has 0 aliphatic rings. The van der Waals surface area contributed by atoms with Crippen molar-refractivity contribution in [2.24, 2.45) is 0 Å². The van der Waals surface area contributed by atoms with Crippen molar-refractivity contribution < 1.29 is 5.11 Å². The monoisotopic (exact) mass is 176 g/mol.